The van der Waals surface area contributed by atoms with Crippen molar-refractivity contribution < 1.29 is 31.6 Å². The lowest BCUT2D eigenvalue weighted by atomic mass is 9.98. The third-order valence-corrected chi connectivity index (χ3v) is 7.46. The van der Waals surface area contributed by atoms with Crippen LogP contribution in [0, 0.1) is 23.1 Å². The molecule has 3 aromatic rings. The Hall–Kier alpha value is -3.75. The summed E-state index contributed by atoms with van der Waals surface area (Å²) in [5, 5.41) is 12.3. The Bertz CT molecular complexity index is 1370. The molecular formula is C23H20FN3O6S. The van der Waals surface area contributed by atoms with Crippen LogP contribution in [-0.4, -0.2) is 44.3 Å². The maximum absolute atomic E-state index is 13.1. The summed E-state index contributed by atoms with van der Waals surface area (Å²) in [7, 11) is -3.79. The van der Waals surface area contributed by atoms with E-state index in [-0.39, 0.29) is 42.3 Å². The van der Waals surface area contributed by atoms with Gasteiger partial charge >= 0.3 is 5.97 Å². The molecule has 1 saturated heterocycles. The highest BCUT2D eigenvalue weighted by atomic mass is 32.2. The lowest BCUT2D eigenvalue weighted by Gasteiger charge is -2.30. The Morgan fingerprint density at radius 2 is 1.82 bits per heavy atom. The van der Waals surface area contributed by atoms with E-state index in [0.29, 0.717) is 11.0 Å². The number of halogens is 1. The van der Waals surface area contributed by atoms with Crippen molar-refractivity contribution >= 4 is 38.6 Å². The minimum Gasteiger partial charge on any atom is -0.455 e. The third-order valence-electron chi connectivity index (χ3n) is 5.55. The molecule has 11 heteroatoms. The Kier molecular flexibility index (Phi) is 6.63. The lowest BCUT2D eigenvalue weighted by molar-refractivity contribution is -0.152. The summed E-state index contributed by atoms with van der Waals surface area (Å²) < 4.78 is 50.2. The second kappa shape index (κ2) is 9.62. The molecule has 1 fully saturated rings. The molecule has 9 nitrogen and oxygen atoms in total. The number of nitrogens with one attached hydrogen (secondary N) is 1. The zero-order chi connectivity index (χ0) is 24.3. The van der Waals surface area contributed by atoms with Gasteiger partial charge in [0.15, 0.2) is 6.61 Å². The number of amides is 1. The van der Waals surface area contributed by atoms with Gasteiger partial charge in [0.25, 0.3) is 5.91 Å². The van der Waals surface area contributed by atoms with E-state index >= 15 is 0 Å². The molecule has 1 amide bonds. The number of hydrogen-bond acceptors (Lipinski definition) is 7. The van der Waals surface area contributed by atoms with Crippen LogP contribution >= 0.6 is 0 Å². The monoisotopic (exact) mass is 485 g/mol. The van der Waals surface area contributed by atoms with Crippen LogP contribution in [0.15, 0.2) is 57.8 Å². The van der Waals surface area contributed by atoms with Gasteiger partial charge in [0, 0.05) is 18.5 Å². The molecule has 0 bridgehead atoms. The molecule has 4 rings (SSSR count). The number of ether oxygens (including phenoxy) is 1. The topological polar surface area (TPSA) is 130 Å². The number of hydrogen-bond donors (Lipinski definition) is 1. The molecule has 0 aliphatic carbocycles. The highest BCUT2D eigenvalue weighted by Crippen LogP contribution is 2.30. The minimum atomic E-state index is -3.79. The summed E-state index contributed by atoms with van der Waals surface area (Å²) in [6, 6.07) is 13.2. The van der Waals surface area contributed by atoms with E-state index in [4.69, 9.17) is 9.15 Å². The largest absolute Gasteiger partial charge is 0.455 e. The van der Waals surface area contributed by atoms with E-state index in [1.807, 2.05) is 6.07 Å². The van der Waals surface area contributed by atoms with Crippen LogP contribution in [0.25, 0.3) is 11.0 Å². The van der Waals surface area contributed by atoms with Crippen molar-refractivity contribution in [2.75, 3.05) is 25.0 Å². The molecule has 176 valence electrons. The van der Waals surface area contributed by atoms with Crippen molar-refractivity contribution in [1.82, 2.24) is 4.31 Å². The summed E-state index contributed by atoms with van der Waals surface area (Å²) in [4.78, 5) is 24.7. The van der Waals surface area contributed by atoms with Crippen LogP contribution in [0.5, 0.6) is 0 Å². The Balaban J connectivity index is 1.31. The number of anilines is 1. The van der Waals surface area contributed by atoms with E-state index in [1.165, 1.54) is 16.4 Å². The fourth-order valence-electron chi connectivity index (χ4n) is 3.77. The first-order chi connectivity index (χ1) is 16.3. The van der Waals surface area contributed by atoms with Gasteiger partial charge in [0.05, 0.1) is 10.8 Å². The average Bonchev–Trinajstić information content (AvgIpc) is 3.20. The molecule has 0 saturated carbocycles. The maximum Gasteiger partial charge on any atom is 0.309 e. The minimum absolute atomic E-state index is 0.0184. The standard InChI is InChI=1S/C23H20FN3O6S/c24-16-5-7-17(8-6-16)34(30,31)27-11-9-15(10-12-27)23(29)32-14-21(28)26-22-18-3-1-2-4-19(18)33-20(22)13-25/h1-8,15H,9-12,14H2,(H,26,28). The molecule has 2 aromatic carbocycles. The van der Waals surface area contributed by atoms with Gasteiger partial charge in [-0.1, -0.05) is 12.1 Å². The Morgan fingerprint density at radius 1 is 1.15 bits per heavy atom. The van der Waals surface area contributed by atoms with Gasteiger partial charge in [-0.25, -0.2) is 12.8 Å². The molecule has 0 atom stereocenters. The summed E-state index contributed by atoms with van der Waals surface area (Å²) in [6.07, 6.45) is 0.456. The number of nitrogens with zero attached hydrogens (tertiary/aromatic N) is 2. The first kappa shape index (κ1) is 23.4. The zero-order valence-corrected chi connectivity index (χ0v) is 18.7. The average molecular weight is 485 g/mol. The van der Waals surface area contributed by atoms with Crippen LogP contribution in [0.2, 0.25) is 0 Å². The summed E-state index contributed by atoms with van der Waals surface area (Å²) in [5.41, 5.74) is 0.646. The fourth-order valence-corrected chi connectivity index (χ4v) is 5.24. The fraction of sp³-hybridized carbons (Fsp3) is 0.261. The van der Waals surface area contributed by atoms with E-state index in [9.17, 15) is 27.7 Å². The van der Waals surface area contributed by atoms with Gasteiger partial charge in [0.1, 0.15) is 23.2 Å². The number of fused-ring (bicyclic) bond motifs is 1. The first-order valence-electron chi connectivity index (χ1n) is 10.4. The van der Waals surface area contributed by atoms with E-state index < -0.39 is 40.2 Å². The number of piperidine rings is 1. The van der Waals surface area contributed by atoms with Gasteiger partial charge in [-0.15, -0.1) is 0 Å². The molecule has 1 aromatic heterocycles. The molecule has 1 aliphatic heterocycles. The normalized spacial score (nSPS) is 15.1. The molecule has 0 unspecified atom stereocenters. The second-order valence-electron chi connectivity index (χ2n) is 7.70. The van der Waals surface area contributed by atoms with Crippen molar-refractivity contribution in [2.24, 2.45) is 5.92 Å². The quantitative estimate of drug-likeness (QED) is 0.531. The number of nitriles is 1. The second-order valence-corrected chi connectivity index (χ2v) is 9.64. The van der Waals surface area contributed by atoms with Crippen LogP contribution in [0.4, 0.5) is 10.1 Å². The molecule has 1 N–H and O–H groups in total. The molecule has 0 spiro atoms. The van der Waals surface area contributed by atoms with Crippen molar-refractivity contribution in [2.45, 2.75) is 17.7 Å². The number of rotatable bonds is 6. The Labute approximate surface area is 194 Å². The first-order valence-corrected chi connectivity index (χ1v) is 11.9. The number of carbonyl (C=O) groups is 2. The van der Waals surface area contributed by atoms with Crippen molar-refractivity contribution in [3.05, 3.63) is 60.1 Å². The summed E-state index contributed by atoms with van der Waals surface area (Å²) in [6.45, 7) is -0.367. The van der Waals surface area contributed by atoms with Crippen LogP contribution < -0.4 is 5.32 Å². The van der Waals surface area contributed by atoms with Gasteiger partial charge in [-0.2, -0.15) is 9.57 Å². The molecule has 2 heterocycles. The van der Waals surface area contributed by atoms with Gasteiger partial charge in [-0.05, 0) is 49.2 Å². The van der Waals surface area contributed by atoms with Crippen LogP contribution in [0.1, 0.15) is 18.6 Å². The van der Waals surface area contributed by atoms with Gasteiger partial charge in [0.2, 0.25) is 15.8 Å². The number of carbonyl (C=O) groups excluding carboxylic acids is 2. The van der Waals surface area contributed by atoms with Crippen LogP contribution in [0.3, 0.4) is 0 Å². The number of esters is 1. The van der Waals surface area contributed by atoms with Crippen molar-refractivity contribution in [3.8, 4) is 6.07 Å². The zero-order valence-electron chi connectivity index (χ0n) is 17.9. The molecule has 34 heavy (non-hydrogen) atoms. The third kappa shape index (κ3) is 4.78. The highest BCUT2D eigenvalue weighted by molar-refractivity contribution is 7.89. The SMILES string of the molecule is N#Cc1oc2ccccc2c1NC(=O)COC(=O)C1CCN(S(=O)(=O)c2ccc(F)cc2)CC1. The van der Waals surface area contributed by atoms with Gasteiger partial charge < -0.3 is 14.5 Å². The Morgan fingerprint density at radius 3 is 2.50 bits per heavy atom. The van der Waals surface area contributed by atoms with Gasteiger partial charge in [-0.3, -0.25) is 9.59 Å². The van der Waals surface area contributed by atoms with E-state index in [1.54, 1.807) is 24.3 Å². The molecular weight excluding hydrogens is 465 g/mol. The summed E-state index contributed by atoms with van der Waals surface area (Å²) >= 11 is 0. The number of sulfonamides is 1. The van der Waals surface area contributed by atoms with Crippen molar-refractivity contribution in [1.29, 1.82) is 5.26 Å². The smallest absolute Gasteiger partial charge is 0.309 e. The highest BCUT2D eigenvalue weighted by Gasteiger charge is 2.33. The number of furan rings is 1. The van der Waals surface area contributed by atoms with Crippen LogP contribution in [-0.2, 0) is 24.3 Å². The van der Waals surface area contributed by atoms with E-state index in [2.05, 4.69) is 5.32 Å². The molecule has 1 aliphatic rings. The van der Waals surface area contributed by atoms with Crippen molar-refractivity contribution in [3.63, 3.8) is 0 Å². The summed E-state index contributed by atoms with van der Waals surface area (Å²) in [5.74, 6) is -2.39. The number of benzene rings is 2. The lowest BCUT2D eigenvalue weighted by Crippen LogP contribution is -2.40. The predicted octanol–water partition coefficient (Wildman–Crippen LogP) is 3.03. The maximum atomic E-state index is 13.1. The molecule has 0 radical (unpaired) electrons. The van der Waals surface area contributed by atoms with E-state index in [0.717, 1.165) is 12.1 Å². The predicted molar refractivity (Wildman–Crippen MR) is 118 cm³/mol. The number of para-hydroxylation sites is 1.